The highest BCUT2D eigenvalue weighted by molar-refractivity contribution is 7.91. The van der Waals surface area contributed by atoms with Crippen molar-refractivity contribution in [2.24, 2.45) is 0 Å². The van der Waals surface area contributed by atoms with Crippen LogP contribution >= 0.6 is 0 Å². The van der Waals surface area contributed by atoms with E-state index in [0.717, 1.165) is 28.8 Å². The van der Waals surface area contributed by atoms with E-state index in [1.165, 1.54) is 18.3 Å². The Morgan fingerprint density at radius 3 is 2.47 bits per heavy atom. The predicted octanol–water partition coefficient (Wildman–Crippen LogP) is 4.73. The molecule has 0 radical (unpaired) electrons. The Kier molecular flexibility index (Phi) is 6.75. The zero-order chi connectivity index (χ0) is 22.4. The third kappa shape index (κ3) is 5.29. The van der Waals surface area contributed by atoms with Crippen molar-refractivity contribution in [3.8, 4) is 11.3 Å². The molecule has 0 unspecified atom stereocenters. The molecule has 2 aromatic heterocycles. The van der Waals surface area contributed by atoms with Crippen molar-refractivity contribution >= 4 is 9.84 Å². The second kappa shape index (κ2) is 9.87. The molecular formula is C25H24FN3O2S. The highest BCUT2D eigenvalue weighted by atomic mass is 32.2. The molecule has 0 spiro atoms. The van der Waals surface area contributed by atoms with Crippen LogP contribution in [0.25, 0.3) is 11.3 Å². The maximum atomic E-state index is 13.1. The first-order valence-electron chi connectivity index (χ1n) is 10.5. The van der Waals surface area contributed by atoms with Gasteiger partial charge in [0.05, 0.1) is 28.9 Å². The number of sulfone groups is 1. The summed E-state index contributed by atoms with van der Waals surface area (Å²) in [6, 6.07) is 17.8. The van der Waals surface area contributed by atoms with Crippen molar-refractivity contribution in [2.45, 2.75) is 30.7 Å². The van der Waals surface area contributed by atoms with Gasteiger partial charge < -0.3 is 4.57 Å². The lowest BCUT2D eigenvalue weighted by Crippen LogP contribution is -2.08. The smallest absolute Gasteiger partial charge is 0.179 e. The summed E-state index contributed by atoms with van der Waals surface area (Å²) in [4.78, 5) is 8.49. The lowest BCUT2D eigenvalue weighted by atomic mass is 10.0. The number of rotatable bonds is 9. The Morgan fingerprint density at radius 1 is 0.875 bits per heavy atom. The van der Waals surface area contributed by atoms with Crippen LogP contribution in [0.1, 0.15) is 17.5 Å². The Hall–Kier alpha value is -3.32. The first kappa shape index (κ1) is 21.9. The largest absolute Gasteiger partial charge is 0.330 e. The second-order valence-corrected chi connectivity index (χ2v) is 9.73. The molecule has 0 aliphatic heterocycles. The Morgan fingerprint density at radius 2 is 1.69 bits per heavy atom. The molecule has 0 aliphatic rings. The first-order valence-corrected chi connectivity index (χ1v) is 12.1. The predicted molar refractivity (Wildman–Crippen MR) is 122 cm³/mol. The molecule has 0 bridgehead atoms. The summed E-state index contributed by atoms with van der Waals surface area (Å²) >= 11 is 0. The SMILES string of the molecule is O=S(=O)(CCCc1ccccc1-c1cncn1CCc1ccc(F)cc1)c1cccnc1. The van der Waals surface area contributed by atoms with Crippen molar-refractivity contribution in [1.82, 2.24) is 14.5 Å². The fourth-order valence-corrected chi connectivity index (χ4v) is 4.98. The van der Waals surface area contributed by atoms with Crippen LogP contribution in [0.2, 0.25) is 0 Å². The molecule has 0 N–H and O–H groups in total. The summed E-state index contributed by atoms with van der Waals surface area (Å²) < 4.78 is 40.3. The lowest BCUT2D eigenvalue weighted by molar-refractivity contribution is 0.593. The third-order valence-corrected chi connectivity index (χ3v) is 7.20. The number of pyridine rings is 1. The normalized spacial score (nSPS) is 11.5. The van der Waals surface area contributed by atoms with Crippen LogP contribution in [0.15, 0.2) is 90.5 Å². The number of hydrogen-bond donors (Lipinski definition) is 0. The maximum absolute atomic E-state index is 13.1. The molecule has 32 heavy (non-hydrogen) atoms. The molecule has 2 aromatic carbocycles. The van der Waals surface area contributed by atoms with Gasteiger partial charge in [0.25, 0.3) is 0 Å². The average Bonchev–Trinajstić information content (AvgIpc) is 3.28. The number of benzene rings is 2. The highest BCUT2D eigenvalue weighted by Gasteiger charge is 2.15. The highest BCUT2D eigenvalue weighted by Crippen LogP contribution is 2.25. The second-order valence-electron chi connectivity index (χ2n) is 7.62. The quantitative estimate of drug-likeness (QED) is 0.370. The van der Waals surface area contributed by atoms with Crippen molar-refractivity contribution in [3.05, 3.63) is 103 Å². The van der Waals surface area contributed by atoms with Gasteiger partial charge >= 0.3 is 0 Å². The summed E-state index contributed by atoms with van der Waals surface area (Å²) in [6.45, 7) is 0.713. The number of aromatic nitrogens is 3. The average molecular weight is 450 g/mol. The van der Waals surface area contributed by atoms with Crippen LogP contribution in [0.4, 0.5) is 4.39 Å². The monoisotopic (exact) mass is 449 g/mol. The summed E-state index contributed by atoms with van der Waals surface area (Å²) in [6.07, 6.45) is 8.49. The van der Waals surface area contributed by atoms with Gasteiger partial charge in [-0.15, -0.1) is 0 Å². The van der Waals surface area contributed by atoms with E-state index in [1.54, 1.807) is 36.8 Å². The molecule has 4 rings (SSSR count). The Bertz CT molecular complexity index is 1270. The van der Waals surface area contributed by atoms with E-state index in [0.29, 0.717) is 19.4 Å². The third-order valence-electron chi connectivity index (χ3n) is 5.41. The van der Waals surface area contributed by atoms with Crippen molar-refractivity contribution in [2.75, 3.05) is 5.75 Å². The van der Waals surface area contributed by atoms with E-state index in [2.05, 4.69) is 14.5 Å². The van der Waals surface area contributed by atoms with Crippen LogP contribution in [0, 0.1) is 5.82 Å². The molecule has 0 fully saturated rings. The van der Waals surface area contributed by atoms with Gasteiger partial charge in [0, 0.05) is 24.5 Å². The van der Waals surface area contributed by atoms with E-state index in [1.807, 2.05) is 30.5 Å². The van der Waals surface area contributed by atoms with E-state index in [9.17, 15) is 12.8 Å². The standard InChI is InChI=1S/C25H24FN3O2S/c26-22-11-9-20(10-12-22)13-15-29-19-28-18-25(29)24-8-2-1-5-21(24)6-4-16-32(30,31)23-7-3-14-27-17-23/h1-3,5,7-12,14,17-19H,4,6,13,15-16H2. The van der Waals surface area contributed by atoms with Gasteiger partial charge in [-0.3, -0.25) is 4.98 Å². The summed E-state index contributed by atoms with van der Waals surface area (Å²) in [5.41, 5.74) is 4.16. The van der Waals surface area contributed by atoms with Gasteiger partial charge in [0.15, 0.2) is 9.84 Å². The van der Waals surface area contributed by atoms with Gasteiger partial charge in [0.2, 0.25) is 0 Å². The van der Waals surface area contributed by atoms with E-state index >= 15 is 0 Å². The molecule has 4 aromatic rings. The fourth-order valence-electron chi connectivity index (χ4n) is 3.71. The molecule has 2 heterocycles. The van der Waals surface area contributed by atoms with E-state index in [4.69, 9.17) is 0 Å². The van der Waals surface area contributed by atoms with Crippen LogP contribution in [-0.4, -0.2) is 28.7 Å². The summed E-state index contributed by atoms with van der Waals surface area (Å²) in [7, 11) is -3.35. The summed E-state index contributed by atoms with van der Waals surface area (Å²) in [5, 5.41) is 0. The molecule has 0 aliphatic carbocycles. The molecule has 5 nitrogen and oxygen atoms in total. The number of hydrogen-bond acceptors (Lipinski definition) is 4. The number of aryl methyl sites for hydroxylation is 3. The van der Waals surface area contributed by atoms with Gasteiger partial charge in [0.1, 0.15) is 5.82 Å². The maximum Gasteiger partial charge on any atom is 0.179 e. The van der Waals surface area contributed by atoms with Crippen molar-refractivity contribution < 1.29 is 12.8 Å². The van der Waals surface area contributed by atoms with Crippen LogP contribution in [0.3, 0.4) is 0 Å². The van der Waals surface area contributed by atoms with Crippen molar-refractivity contribution in [1.29, 1.82) is 0 Å². The Labute approximate surface area is 187 Å². The molecule has 164 valence electrons. The Balaban J connectivity index is 1.46. The minimum atomic E-state index is -3.35. The number of halogens is 1. The van der Waals surface area contributed by atoms with Crippen LogP contribution in [0.5, 0.6) is 0 Å². The number of nitrogens with zero attached hydrogens (tertiary/aromatic N) is 3. The van der Waals surface area contributed by atoms with Gasteiger partial charge in [-0.1, -0.05) is 36.4 Å². The van der Waals surface area contributed by atoms with Crippen LogP contribution in [-0.2, 0) is 29.2 Å². The zero-order valence-corrected chi connectivity index (χ0v) is 18.4. The zero-order valence-electron chi connectivity index (χ0n) is 17.6. The van der Waals surface area contributed by atoms with E-state index in [-0.39, 0.29) is 16.5 Å². The molecule has 0 saturated carbocycles. The molecule has 7 heteroatoms. The minimum absolute atomic E-state index is 0.0663. The molecule has 0 amide bonds. The molecular weight excluding hydrogens is 425 g/mol. The fraction of sp³-hybridized carbons (Fsp3) is 0.200. The first-order chi connectivity index (χ1) is 15.5. The van der Waals surface area contributed by atoms with Crippen LogP contribution < -0.4 is 0 Å². The molecule has 0 atom stereocenters. The van der Waals surface area contributed by atoms with Gasteiger partial charge in [-0.05, 0) is 54.7 Å². The minimum Gasteiger partial charge on any atom is -0.330 e. The van der Waals surface area contributed by atoms with Gasteiger partial charge in [-0.25, -0.2) is 17.8 Å². The molecule has 0 saturated heterocycles. The van der Waals surface area contributed by atoms with E-state index < -0.39 is 9.84 Å². The topological polar surface area (TPSA) is 64.8 Å². The lowest BCUT2D eigenvalue weighted by Gasteiger charge is -2.13. The van der Waals surface area contributed by atoms with Gasteiger partial charge in [-0.2, -0.15) is 0 Å². The van der Waals surface area contributed by atoms with Crippen molar-refractivity contribution in [3.63, 3.8) is 0 Å². The number of imidazole rings is 1. The summed E-state index contributed by atoms with van der Waals surface area (Å²) in [5.74, 6) is -0.173.